The molecule has 13 heavy (non-hydrogen) atoms. The smallest absolute Gasteiger partial charge is 0.359 e. The van der Waals surface area contributed by atoms with Gasteiger partial charge >= 0.3 is 5.63 Å². The molecule has 0 bridgehead atoms. The zero-order valence-electron chi connectivity index (χ0n) is 7.32. The molecule has 1 aromatic heterocycles. The third-order valence-electron chi connectivity index (χ3n) is 2.17. The summed E-state index contributed by atoms with van der Waals surface area (Å²) in [6.07, 6.45) is 1.41. The predicted molar refractivity (Wildman–Crippen MR) is 50.1 cm³/mol. The van der Waals surface area contributed by atoms with E-state index in [2.05, 4.69) is 5.32 Å². The molecule has 70 valence electrons. The highest BCUT2D eigenvalue weighted by Crippen LogP contribution is 2.07. The van der Waals surface area contributed by atoms with E-state index in [1.807, 2.05) is 4.90 Å². The second kappa shape index (κ2) is 3.62. The highest BCUT2D eigenvalue weighted by atomic mass is 16.4. The van der Waals surface area contributed by atoms with E-state index >= 15 is 0 Å². The molecule has 4 heteroatoms. The van der Waals surface area contributed by atoms with Gasteiger partial charge in [-0.2, -0.15) is 0 Å². The van der Waals surface area contributed by atoms with Crippen molar-refractivity contribution in [3.8, 4) is 0 Å². The summed E-state index contributed by atoms with van der Waals surface area (Å²) in [4.78, 5) is 13.3. The van der Waals surface area contributed by atoms with E-state index in [4.69, 9.17) is 4.42 Å². The fourth-order valence-corrected chi connectivity index (χ4v) is 1.50. The van der Waals surface area contributed by atoms with Gasteiger partial charge < -0.3 is 14.6 Å². The molecule has 1 fully saturated rings. The van der Waals surface area contributed by atoms with Crippen LogP contribution in [0.3, 0.4) is 0 Å². The molecule has 2 rings (SSSR count). The Kier molecular flexibility index (Phi) is 2.31. The Morgan fingerprint density at radius 1 is 1.38 bits per heavy atom. The lowest BCUT2D eigenvalue weighted by Gasteiger charge is -2.27. The van der Waals surface area contributed by atoms with Crippen molar-refractivity contribution in [2.24, 2.45) is 0 Å². The minimum Gasteiger partial charge on any atom is -0.430 e. The van der Waals surface area contributed by atoms with Gasteiger partial charge in [-0.1, -0.05) is 0 Å². The lowest BCUT2D eigenvalue weighted by Crippen LogP contribution is -2.45. The molecule has 4 nitrogen and oxygen atoms in total. The minimum absolute atomic E-state index is 0.246. The number of rotatable bonds is 1. The van der Waals surface area contributed by atoms with Crippen molar-refractivity contribution in [2.45, 2.75) is 0 Å². The highest BCUT2D eigenvalue weighted by Gasteiger charge is 2.13. The molecule has 0 aromatic carbocycles. The molecule has 0 radical (unpaired) electrons. The van der Waals surface area contributed by atoms with Gasteiger partial charge in [0.25, 0.3) is 0 Å². The van der Waals surface area contributed by atoms with Crippen LogP contribution in [-0.2, 0) is 0 Å². The van der Waals surface area contributed by atoms with Gasteiger partial charge in [0.2, 0.25) is 0 Å². The summed E-state index contributed by atoms with van der Waals surface area (Å²) in [5.74, 6) is 0. The van der Waals surface area contributed by atoms with E-state index < -0.39 is 0 Å². The van der Waals surface area contributed by atoms with Crippen LogP contribution < -0.4 is 15.8 Å². The molecular weight excluding hydrogens is 168 g/mol. The summed E-state index contributed by atoms with van der Waals surface area (Å²) in [6.45, 7) is 3.59. The molecule has 0 aliphatic carbocycles. The van der Waals surface area contributed by atoms with Crippen LogP contribution >= 0.6 is 0 Å². The fraction of sp³-hybridized carbons (Fsp3) is 0.444. The first kappa shape index (κ1) is 8.31. The number of nitrogens with zero attached hydrogens (tertiary/aromatic N) is 1. The molecule has 1 saturated heterocycles. The standard InChI is InChI=1S/C9H12N2O2/c12-9-8(2-1-7-13-9)11-5-3-10-4-6-11/h1-2,7,10H,3-6H2. The van der Waals surface area contributed by atoms with Crippen molar-refractivity contribution < 1.29 is 4.42 Å². The van der Waals surface area contributed by atoms with Crippen LogP contribution in [-0.4, -0.2) is 26.2 Å². The number of hydrogen-bond donors (Lipinski definition) is 1. The summed E-state index contributed by atoms with van der Waals surface area (Å²) in [7, 11) is 0. The van der Waals surface area contributed by atoms with Crippen LogP contribution in [0.5, 0.6) is 0 Å². The minimum atomic E-state index is -0.246. The average molecular weight is 180 g/mol. The third kappa shape index (κ3) is 1.72. The fourth-order valence-electron chi connectivity index (χ4n) is 1.50. The molecule has 1 N–H and O–H groups in total. The number of nitrogens with one attached hydrogen (secondary N) is 1. The SMILES string of the molecule is O=c1occcc1N1CCNCC1. The molecule has 2 heterocycles. The Bertz CT molecular complexity index is 328. The van der Waals surface area contributed by atoms with E-state index in [0.29, 0.717) is 5.69 Å². The lowest BCUT2D eigenvalue weighted by atomic mass is 10.3. The Morgan fingerprint density at radius 3 is 2.85 bits per heavy atom. The highest BCUT2D eigenvalue weighted by molar-refractivity contribution is 5.43. The van der Waals surface area contributed by atoms with Crippen LogP contribution in [0.4, 0.5) is 5.69 Å². The monoisotopic (exact) mass is 180 g/mol. The van der Waals surface area contributed by atoms with Gasteiger partial charge in [0.1, 0.15) is 5.69 Å². The summed E-state index contributed by atoms with van der Waals surface area (Å²) in [5.41, 5.74) is 0.424. The van der Waals surface area contributed by atoms with Gasteiger partial charge in [0.05, 0.1) is 6.26 Å². The van der Waals surface area contributed by atoms with E-state index in [-0.39, 0.29) is 5.63 Å². The molecular formula is C9H12N2O2. The zero-order chi connectivity index (χ0) is 9.10. The first-order valence-corrected chi connectivity index (χ1v) is 4.41. The number of anilines is 1. The summed E-state index contributed by atoms with van der Waals surface area (Å²) in [5, 5.41) is 3.23. The normalized spacial score (nSPS) is 17.4. The van der Waals surface area contributed by atoms with E-state index in [9.17, 15) is 4.79 Å². The van der Waals surface area contributed by atoms with Crippen LogP contribution in [0.25, 0.3) is 0 Å². The Labute approximate surface area is 76.2 Å². The van der Waals surface area contributed by atoms with Gasteiger partial charge in [-0.05, 0) is 12.1 Å². The van der Waals surface area contributed by atoms with Crippen molar-refractivity contribution in [3.05, 3.63) is 28.8 Å². The number of piperazine rings is 1. The molecule has 1 aliphatic heterocycles. The zero-order valence-corrected chi connectivity index (χ0v) is 7.32. The van der Waals surface area contributed by atoms with Gasteiger partial charge in [0, 0.05) is 26.2 Å². The number of hydrogen-bond acceptors (Lipinski definition) is 4. The van der Waals surface area contributed by atoms with Crippen molar-refractivity contribution >= 4 is 5.69 Å². The van der Waals surface area contributed by atoms with Gasteiger partial charge in [-0.15, -0.1) is 0 Å². The quantitative estimate of drug-likeness (QED) is 0.663. The second-order valence-electron chi connectivity index (χ2n) is 3.02. The molecule has 0 spiro atoms. The van der Waals surface area contributed by atoms with E-state index in [1.54, 1.807) is 12.1 Å². The summed E-state index contributed by atoms with van der Waals surface area (Å²) >= 11 is 0. The maximum atomic E-state index is 11.3. The van der Waals surface area contributed by atoms with Crippen molar-refractivity contribution in [1.29, 1.82) is 0 Å². The van der Waals surface area contributed by atoms with Crippen LogP contribution in [0.1, 0.15) is 0 Å². The average Bonchev–Trinajstić information content (AvgIpc) is 2.20. The molecule has 0 atom stereocenters. The van der Waals surface area contributed by atoms with Gasteiger partial charge in [-0.3, -0.25) is 0 Å². The predicted octanol–water partition coefficient (Wildman–Crippen LogP) is 0.0494. The van der Waals surface area contributed by atoms with Crippen molar-refractivity contribution in [3.63, 3.8) is 0 Å². The lowest BCUT2D eigenvalue weighted by molar-refractivity contribution is 0.501. The van der Waals surface area contributed by atoms with E-state index in [1.165, 1.54) is 6.26 Å². The molecule has 0 saturated carbocycles. The van der Waals surface area contributed by atoms with Gasteiger partial charge in [-0.25, -0.2) is 4.79 Å². The summed E-state index contributed by atoms with van der Waals surface area (Å²) in [6, 6.07) is 3.55. The molecule has 0 amide bonds. The van der Waals surface area contributed by atoms with Crippen molar-refractivity contribution in [1.82, 2.24) is 5.32 Å². The van der Waals surface area contributed by atoms with Crippen LogP contribution in [0.15, 0.2) is 27.6 Å². The van der Waals surface area contributed by atoms with Crippen LogP contribution in [0.2, 0.25) is 0 Å². The Morgan fingerprint density at radius 2 is 2.15 bits per heavy atom. The van der Waals surface area contributed by atoms with E-state index in [0.717, 1.165) is 26.2 Å². The molecule has 1 aliphatic rings. The maximum Gasteiger partial charge on any atom is 0.359 e. The molecule has 0 unspecified atom stereocenters. The first-order chi connectivity index (χ1) is 6.38. The Hall–Kier alpha value is -1.29. The first-order valence-electron chi connectivity index (χ1n) is 4.41. The second-order valence-corrected chi connectivity index (χ2v) is 3.02. The van der Waals surface area contributed by atoms with Crippen LogP contribution in [0, 0.1) is 0 Å². The largest absolute Gasteiger partial charge is 0.430 e. The Balaban J connectivity index is 2.24. The topological polar surface area (TPSA) is 45.5 Å². The van der Waals surface area contributed by atoms with Gasteiger partial charge in [0.15, 0.2) is 0 Å². The third-order valence-corrected chi connectivity index (χ3v) is 2.17. The molecule has 1 aromatic rings. The maximum absolute atomic E-state index is 11.3. The summed E-state index contributed by atoms with van der Waals surface area (Å²) < 4.78 is 4.79. The van der Waals surface area contributed by atoms with Crippen molar-refractivity contribution in [2.75, 3.05) is 31.1 Å².